The van der Waals surface area contributed by atoms with Crippen LogP contribution in [0.5, 0.6) is 0 Å². The lowest BCUT2D eigenvalue weighted by Crippen LogP contribution is -2.43. The summed E-state index contributed by atoms with van der Waals surface area (Å²) in [7, 11) is 0. The van der Waals surface area contributed by atoms with E-state index >= 15 is 0 Å². The fourth-order valence-corrected chi connectivity index (χ4v) is 4.61. The van der Waals surface area contributed by atoms with Crippen molar-refractivity contribution in [2.75, 3.05) is 31.1 Å². The SMILES string of the molecule is O=C1NCCN(c2ccccc2)[C@H]2CCN(C(=O)CCc3ccc(F)cc3)CC[C@@H]12. The van der Waals surface area contributed by atoms with Crippen molar-refractivity contribution in [2.45, 2.75) is 31.7 Å². The van der Waals surface area contributed by atoms with Crippen LogP contribution >= 0.6 is 0 Å². The van der Waals surface area contributed by atoms with Gasteiger partial charge in [0.1, 0.15) is 5.82 Å². The number of halogens is 1. The van der Waals surface area contributed by atoms with Crippen LogP contribution in [-0.2, 0) is 16.0 Å². The first-order valence-corrected chi connectivity index (χ1v) is 10.7. The average Bonchev–Trinajstić information content (AvgIpc) is 3.08. The van der Waals surface area contributed by atoms with E-state index in [2.05, 4.69) is 22.3 Å². The fraction of sp³-hybridized carbons (Fsp3) is 0.417. The van der Waals surface area contributed by atoms with E-state index in [1.807, 2.05) is 23.1 Å². The van der Waals surface area contributed by atoms with Crippen molar-refractivity contribution in [1.29, 1.82) is 0 Å². The smallest absolute Gasteiger partial charge is 0.225 e. The van der Waals surface area contributed by atoms with Crippen LogP contribution < -0.4 is 10.2 Å². The number of rotatable bonds is 4. The molecule has 2 heterocycles. The second-order valence-electron chi connectivity index (χ2n) is 8.08. The average molecular weight is 410 g/mol. The molecule has 2 aliphatic rings. The Labute approximate surface area is 176 Å². The number of hydrogen-bond acceptors (Lipinski definition) is 3. The lowest BCUT2D eigenvalue weighted by Gasteiger charge is -2.34. The number of para-hydroxylation sites is 1. The van der Waals surface area contributed by atoms with Crippen LogP contribution in [-0.4, -0.2) is 48.9 Å². The minimum atomic E-state index is -0.266. The van der Waals surface area contributed by atoms with Gasteiger partial charge in [0.25, 0.3) is 0 Å². The zero-order valence-electron chi connectivity index (χ0n) is 17.1. The lowest BCUT2D eigenvalue weighted by molar-refractivity contribution is -0.131. The molecule has 30 heavy (non-hydrogen) atoms. The molecule has 2 amide bonds. The topological polar surface area (TPSA) is 52.7 Å². The van der Waals surface area contributed by atoms with Gasteiger partial charge in [0, 0.05) is 44.3 Å². The van der Waals surface area contributed by atoms with E-state index in [0.29, 0.717) is 38.9 Å². The number of nitrogens with one attached hydrogen (secondary N) is 1. The summed E-state index contributed by atoms with van der Waals surface area (Å²) in [6.07, 6.45) is 2.44. The number of carbonyl (C=O) groups is 2. The van der Waals surface area contributed by atoms with E-state index in [9.17, 15) is 14.0 Å². The highest BCUT2D eigenvalue weighted by Crippen LogP contribution is 2.29. The second kappa shape index (κ2) is 9.28. The van der Waals surface area contributed by atoms with Gasteiger partial charge in [-0.1, -0.05) is 30.3 Å². The van der Waals surface area contributed by atoms with Crippen molar-refractivity contribution < 1.29 is 14.0 Å². The molecule has 2 aliphatic heterocycles. The van der Waals surface area contributed by atoms with Crippen molar-refractivity contribution in [3.05, 3.63) is 66.0 Å². The van der Waals surface area contributed by atoms with Crippen LogP contribution in [0.3, 0.4) is 0 Å². The van der Waals surface area contributed by atoms with Gasteiger partial charge in [0.05, 0.1) is 5.92 Å². The quantitative estimate of drug-likeness (QED) is 0.845. The summed E-state index contributed by atoms with van der Waals surface area (Å²) in [5.74, 6) is -0.193. The molecule has 0 aliphatic carbocycles. The van der Waals surface area contributed by atoms with Gasteiger partial charge < -0.3 is 15.1 Å². The molecule has 0 saturated carbocycles. The molecule has 0 unspecified atom stereocenters. The molecule has 2 aromatic rings. The zero-order valence-corrected chi connectivity index (χ0v) is 17.1. The maximum Gasteiger partial charge on any atom is 0.225 e. The first kappa shape index (κ1) is 20.4. The minimum Gasteiger partial charge on any atom is -0.366 e. The number of nitrogens with zero attached hydrogens (tertiary/aromatic N) is 2. The van der Waals surface area contributed by atoms with Gasteiger partial charge in [0.15, 0.2) is 0 Å². The normalized spacial score (nSPS) is 22.0. The monoisotopic (exact) mass is 409 g/mol. The summed E-state index contributed by atoms with van der Waals surface area (Å²) >= 11 is 0. The first-order valence-electron chi connectivity index (χ1n) is 10.7. The van der Waals surface area contributed by atoms with E-state index in [-0.39, 0.29) is 29.6 Å². The maximum atomic E-state index is 13.1. The van der Waals surface area contributed by atoms with Crippen LogP contribution in [0.4, 0.5) is 10.1 Å². The molecule has 6 heteroatoms. The molecule has 1 N–H and O–H groups in total. The van der Waals surface area contributed by atoms with Crippen LogP contribution in [0.1, 0.15) is 24.8 Å². The number of anilines is 1. The maximum absolute atomic E-state index is 13.1. The third kappa shape index (κ3) is 4.64. The van der Waals surface area contributed by atoms with Crippen molar-refractivity contribution >= 4 is 17.5 Å². The molecule has 0 spiro atoms. The summed E-state index contributed by atoms with van der Waals surface area (Å²) in [6.45, 7) is 2.66. The molecular weight excluding hydrogens is 381 g/mol. The van der Waals surface area contributed by atoms with Crippen LogP contribution in [0, 0.1) is 11.7 Å². The molecule has 2 fully saturated rings. The number of hydrogen-bond donors (Lipinski definition) is 1. The van der Waals surface area contributed by atoms with Crippen molar-refractivity contribution in [3.63, 3.8) is 0 Å². The molecule has 0 aromatic heterocycles. The van der Waals surface area contributed by atoms with Gasteiger partial charge in [-0.3, -0.25) is 9.59 Å². The minimum absolute atomic E-state index is 0.0878. The van der Waals surface area contributed by atoms with Gasteiger partial charge >= 0.3 is 0 Å². The summed E-state index contributed by atoms with van der Waals surface area (Å²) in [4.78, 5) is 29.8. The summed E-state index contributed by atoms with van der Waals surface area (Å²) in [5.41, 5.74) is 2.08. The zero-order chi connectivity index (χ0) is 20.9. The third-order valence-corrected chi connectivity index (χ3v) is 6.24. The molecule has 4 rings (SSSR count). The highest BCUT2D eigenvalue weighted by Gasteiger charge is 2.38. The molecule has 2 atom stereocenters. The highest BCUT2D eigenvalue weighted by atomic mass is 19.1. The summed E-state index contributed by atoms with van der Waals surface area (Å²) < 4.78 is 13.1. The van der Waals surface area contributed by atoms with Crippen LogP contribution in [0.15, 0.2) is 54.6 Å². The Balaban J connectivity index is 1.43. The molecule has 0 bridgehead atoms. The molecular formula is C24H28FN3O2. The number of amides is 2. The Kier molecular flexibility index (Phi) is 6.31. The van der Waals surface area contributed by atoms with Gasteiger partial charge in [-0.2, -0.15) is 0 Å². The van der Waals surface area contributed by atoms with E-state index in [1.54, 1.807) is 12.1 Å². The number of fused-ring (bicyclic) bond motifs is 1. The largest absolute Gasteiger partial charge is 0.366 e. The van der Waals surface area contributed by atoms with Gasteiger partial charge in [-0.15, -0.1) is 0 Å². The predicted octanol–water partition coefficient (Wildman–Crippen LogP) is 3.00. The first-order chi connectivity index (χ1) is 14.6. The van der Waals surface area contributed by atoms with E-state index < -0.39 is 0 Å². The lowest BCUT2D eigenvalue weighted by atomic mass is 9.92. The fourth-order valence-electron chi connectivity index (χ4n) is 4.61. The third-order valence-electron chi connectivity index (χ3n) is 6.24. The number of benzene rings is 2. The summed E-state index contributed by atoms with van der Waals surface area (Å²) in [6, 6.07) is 16.6. The Morgan fingerprint density at radius 2 is 1.73 bits per heavy atom. The van der Waals surface area contributed by atoms with E-state index in [0.717, 1.165) is 24.2 Å². The highest BCUT2D eigenvalue weighted by molar-refractivity contribution is 5.81. The van der Waals surface area contributed by atoms with Gasteiger partial charge in [-0.05, 0) is 49.1 Å². The molecule has 158 valence electrons. The Morgan fingerprint density at radius 1 is 1.00 bits per heavy atom. The molecule has 2 saturated heterocycles. The molecule has 5 nitrogen and oxygen atoms in total. The van der Waals surface area contributed by atoms with Crippen LogP contribution in [0.25, 0.3) is 0 Å². The molecule has 2 aromatic carbocycles. The van der Waals surface area contributed by atoms with Gasteiger partial charge in [-0.25, -0.2) is 4.39 Å². The standard InChI is InChI=1S/C24H28FN3O2/c25-19-9-6-18(7-10-19)8-11-23(29)27-15-12-21-22(13-16-27)28(17-14-26-24(21)30)20-4-2-1-3-5-20/h1-7,9-10,21-22H,8,11-17H2,(H,26,30)/t21-,22+/m1/s1. The Bertz CT molecular complexity index is 872. The Morgan fingerprint density at radius 3 is 2.50 bits per heavy atom. The number of likely N-dealkylation sites (tertiary alicyclic amines) is 1. The predicted molar refractivity (Wildman–Crippen MR) is 115 cm³/mol. The van der Waals surface area contributed by atoms with Crippen LogP contribution in [0.2, 0.25) is 0 Å². The number of aryl methyl sites for hydroxylation is 1. The Hall–Kier alpha value is -2.89. The van der Waals surface area contributed by atoms with Gasteiger partial charge in [0.2, 0.25) is 11.8 Å². The van der Waals surface area contributed by atoms with E-state index in [1.165, 1.54) is 12.1 Å². The summed E-state index contributed by atoms with van der Waals surface area (Å²) in [5, 5.41) is 3.05. The van der Waals surface area contributed by atoms with Crippen molar-refractivity contribution in [1.82, 2.24) is 10.2 Å². The van der Waals surface area contributed by atoms with Crippen molar-refractivity contribution in [3.8, 4) is 0 Å². The second-order valence-corrected chi connectivity index (χ2v) is 8.08. The molecule has 0 radical (unpaired) electrons. The van der Waals surface area contributed by atoms with Crippen molar-refractivity contribution in [2.24, 2.45) is 5.92 Å². The number of carbonyl (C=O) groups excluding carboxylic acids is 2. The van der Waals surface area contributed by atoms with E-state index in [4.69, 9.17) is 0 Å².